The molecular formula is C22H36N4O4. The minimum atomic E-state index is -0.914. The maximum absolute atomic E-state index is 13.3. The molecule has 0 unspecified atom stereocenters. The van der Waals surface area contributed by atoms with Crippen molar-refractivity contribution in [1.82, 2.24) is 20.0 Å². The van der Waals surface area contributed by atoms with Gasteiger partial charge in [0.05, 0.1) is 6.04 Å². The maximum Gasteiger partial charge on any atom is 0.325 e. The Labute approximate surface area is 179 Å². The third kappa shape index (κ3) is 4.47. The third-order valence-corrected chi connectivity index (χ3v) is 6.41. The average Bonchev–Trinajstić information content (AvgIpc) is 2.90. The molecule has 3 saturated heterocycles. The predicted molar refractivity (Wildman–Crippen MR) is 112 cm³/mol. The van der Waals surface area contributed by atoms with Crippen molar-refractivity contribution in [3.63, 3.8) is 0 Å². The molecule has 168 valence electrons. The summed E-state index contributed by atoms with van der Waals surface area (Å²) in [6, 6.07) is -0.649. The second kappa shape index (κ2) is 8.19. The summed E-state index contributed by atoms with van der Waals surface area (Å²) in [6.45, 7) is 11.8. The summed E-state index contributed by atoms with van der Waals surface area (Å²) >= 11 is 0. The van der Waals surface area contributed by atoms with Gasteiger partial charge in [-0.1, -0.05) is 34.6 Å². The van der Waals surface area contributed by atoms with Crippen LogP contribution in [0.15, 0.2) is 0 Å². The van der Waals surface area contributed by atoms with E-state index in [-0.39, 0.29) is 41.1 Å². The monoisotopic (exact) mass is 420 g/mol. The maximum atomic E-state index is 13.3. The van der Waals surface area contributed by atoms with Crippen LogP contribution in [0.25, 0.3) is 0 Å². The van der Waals surface area contributed by atoms with Gasteiger partial charge in [-0.25, -0.2) is 4.79 Å². The Morgan fingerprint density at radius 1 is 1.10 bits per heavy atom. The van der Waals surface area contributed by atoms with Crippen LogP contribution in [0, 0.1) is 11.3 Å². The zero-order valence-electron chi connectivity index (χ0n) is 19.0. The Hall–Kier alpha value is -2.12. The van der Waals surface area contributed by atoms with Crippen molar-refractivity contribution in [2.45, 2.75) is 78.3 Å². The second-order valence-corrected chi connectivity index (χ2v) is 10.5. The molecule has 0 aromatic rings. The highest BCUT2D eigenvalue weighted by molar-refractivity contribution is 6.07. The molecule has 0 aliphatic carbocycles. The first-order valence-electron chi connectivity index (χ1n) is 11.2. The fourth-order valence-electron chi connectivity index (χ4n) is 4.74. The highest BCUT2D eigenvalue weighted by Crippen LogP contribution is 2.33. The van der Waals surface area contributed by atoms with Gasteiger partial charge in [0, 0.05) is 38.5 Å². The Balaban J connectivity index is 1.66. The van der Waals surface area contributed by atoms with Gasteiger partial charge in [0.25, 0.3) is 5.91 Å². The van der Waals surface area contributed by atoms with Crippen LogP contribution in [0.1, 0.15) is 66.7 Å². The molecule has 3 aliphatic heterocycles. The molecule has 1 spiro atoms. The van der Waals surface area contributed by atoms with Crippen molar-refractivity contribution in [3.8, 4) is 0 Å². The largest absolute Gasteiger partial charge is 0.342 e. The first-order chi connectivity index (χ1) is 13.9. The van der Waals surface area contributed by atoms with Crippen molar-refractivity contribution in [2.24, 2.45) is 11.3 Å². The van der Waals surface area contributed by atoms with Gasteiger partial charge in [-0.3, -0.25) is 19.3 Å². The Kier molecular flexibility index (Phi) is 6.16. The quantitative estimate of drug-likeness (QED) is 0.707. The molecular weight excluding hydrogens is 384 g/mol. The fourth-order valence-corrected chi connectivity index (χ4v) is 4.74. The van der Waals surface area contributed by atoms with E-state index in [4.69, 9.17) is 0 Å². The van der Waals surface area contributed by atoms with Gasteiger partial charge in [-0.2, -0.15) is 0 Å². The summed E-state index contributed by atoms with van der Waals surface area (Å²) in [5.41, 5.74) is -1.02. The molecule has 1 N–H and O–H groups in total. The van der Waals surface area contributed by atoms with Crippen LogP contribution in [0.5, 0.6) is 0 Å². The van der Waals surface area contributed by atoms with Crippen molar-refractivity contribution in [2.75, 3.05) is 26.2 Å². The van der Waals surface area contributed by atoms with Crippen molar-refractivity contribution in [1.29, 1.82) is 0 Å². The number of nitrogens with zero attached hydrogens (tertiary/aromatic N) is 3. The van der Waals surface area contributed by atoms with Crippen LogP contribution in [0.2, 0.25) is 0 Å². The van der Waals surface area contributed by atoms with E-state index in [1.54, 1.807) is 9.80 Å². The number of imide groups is 1. The number of piperidine rings is 2. The average molecular weight is 421 g/mol. The number of hydrogen-bond acceptors (Lipinski definition) is 4. The summed E-state index contributed by atoms with van der Waals surface area (Å²) in [4.78, 5) is 56.0. The number of urea groups is 1. The molecule has 3 rings (SSSR count). The molecule has 3 aliphatic rings. The van der Waals surface area contributed by atoms with Crippen molar-refractivity contribution < 1.29 is 19.2 Å². The molecule has 0 radical (unpaired) electrons. The fraction of sp³-hybridized carbons (Fsp3) is 0.818. The molecule has 5 amide bonds. The van der Waals surface area contributed by atoms with E-state index in [1.807, 2.05) is 34.6 Å². The van der Waals surface area contributed by atoms with Crippen LogP contribution < -0.4 is 5.32 Å². The number of nitrogens with one attached hydrogen (secondary N) is 1. The Bertz CT molecular complexity index is 719. The van der Waals surface area contributed by atoms with Gasteiger partial charge < -0.3 is 15.1 Å². The van der Waals surface area contributed by atoms with Gasteiger partial charge in [0.2, 0.25) is 11.8 Å². The molecule has 0 bridgehead atoms. The van der Waals surface area contributed by atoms with E-state index in [0.29, 0.717) is 51.9 Å². The molecule has 8 nitrogen and oxygen atoms in total. The lowest BCUT2D eigenvalue weighted by Crippen LogP contribution is -2.57. The summed E-state index contributed by atoms with van der Waals surface area (Å²) in [5, 5.41) is 2.93. The minimum absolute atomic E-state index is 0.0782. The lowest BCUT2D eigenvalue weighted by molar-refractivity contribution is -0.142. The first kappa shape index (κ1) is 22.6. The summed E-state index contributed by atoms with van der Waals surface area (Å²) in [5.74, 6) is -0.115. The highest BCUT2D eigenvalue weighted by Gasteiger charge is 2.55. The van der Waals surface area contributed by atoms with E-state index < -0.39 is 5.54 Å². The van der Waals surface area contributed by atoms with E-state index in [0.717, 1.165) is 6.42 Å². The summed E-state index contributed by atoms with van der Waals surface area (Å²) in [7, 11) is 0. The minimum Gasteiger partial charge on any atom is -0.342 e. The number of carbonyl (C=O) groups is 4. The number of rotatable bonds is 3. The highest BCUT2D eigenvalue weighted by atomic mass is 16.2. The third-order valence-electron chi connectivity index (χ3n) is 6.41. The van der Waals surface area contributed by atoms with Crippen molar-refractivity contribution >= 4 is 23.8 Å². The van der Waals surface area contributed by atoms with Crippen LogP contribution in [-0.4, -0.2) is 76.2 Å². The topological polar surface area (TPSA) is 90.0 Å². The van der Waals surface area contributed by atoms with Gasteiger partial charge in [-0.15, -0.1) is 0 Å². The molecule has 0 saturated carbocycles. The normalized spacial score (nSPS) is 24.6. The standard InChI is InChI=1S/C22H36N4O4/c1-15(2)18(28)24-11-8-22(9-12-24)19(29)26(20(30)23-22)16-7-6-10-25(14-16)17(27)13-21(3,4)5/h15-16H,6-14H2,1-5H3,(H,23,30)/t16-/m1/s1. The van der Waals surface area contributed by atoms with Crippen LogP contribution in [-0.2, 0) is 14.4 Å². The molecule has 1 atom stereocenters. The summed E-state index contributed by atoms with van der Waals surface area (Å²) < 4.78 is 0. The molecule has 3 heterocycles. The van der Waals surface area contributed by atoms with Gasteiger partial charge in [0.1, 0.15) is 5.54 Å². The van der Waals surface area contributed by atoms with Crippen LogP contribution in [0.4, 0.5) is 4.79 Å². The molecule has 3 fully saturated rings. The molecule has 30 heavy (non-hydrogen) atoms. The molecule has 8 heteroatoms. The zero-order chi connectivity index (χ0) is 22.3. The first-order valence-corrected chi connectivity index (χ1v) is 11.2. The number of amides is 5. The SMILES string of the molecule is CC(C)C(=O)N1CCC2(CC1)NC(=O)N([C@@H]1CCCN(C(=O)CC(C)(C)C)C1)C2=O. The Morgan fingerprint density at radius 2 is 1.73 bits per heavy atom. The molecule has 0 aromatic heterocycles. The number of carbonyl (C=O) groups excluding carboxylic acids is 4. The lowest BCUT2D eigenvalue weighted by atomic mass is 9.86. The van der Waals surface area contributed by atoms with E-state index in [2.05, 4.69) is 5.32 Å². The zero-order valence-corrected chi connectivity index (χ0v) is 19.0. The van der Waals surface area contributed by atoms with E-state index in [1.165, 1.54) is 4.90 Å². The smallest absolute Gasteiger partial charge is 0.325 e. The van der Waals surface area contributed by atoms with Gasteiger partial charge in [-0.05, 0) is 31.1 Å². The number of hydrogen-bond donors (Lipinski definition) is 1. The predicted octanol–water partition coefficient (Wildman–Crippen LogP) is 1.98. The van der Waals surface area contributed by atoms with Crippen molar-refractivity contribution in [3.05, 3.63) is 0 Å². The van der Waals surface area contributed by atoms with E-state index >= 15 is 0 Å². The van der Waals surface area contributed by atoms with E-state index in [9.17, 15) is 19.2 Å². The lowest BCUT2D eigenvalue weighted by Gasteiger charge is -2.39. The summed E-state index contributed by atoms with van der Waals surface area (Å²) in [6.07, 6.45) is 2.81. The second-order valence-electron chi connectivity index (χ2n) is 10.5. The van der Waals surface area contributed by atoms with Crippen LogP contribution >= 0.6 is 0 Å². The van der Waals surface area contributed by atoms with Gasteiger partial charge >= 0.3 is 6.03 Å². The Morgan fingerprint density at radius 3 is 2.30 bits per heavy atom. The van der Waals surface area contributed by atoms with Crippen LogP contribution in [0.3, 0.4) is 0 Å². The van der Waals surface area contributed by atoms with Gasteiger partial charge in [0.15, 0.2) is 0 Å². The molecule has 0 aromatic carbocycles. The number of likely N-dealkylation sites (tertiary alicyclic amines) is 2.